The smallest absolute Gasteiger partial charge is 0.338 e. The Labute approximate surface area is 207 Å². The summed E-state index contributed by atoms with van der Waals surface area (Å²) in [5, 5.41) is 5.47. The minimum atomic E-state index is -0.915. The lowest BCUT2D eigenvalue weighted by atomic mass is 10.1. The van der Waals surface area contributed by atoms with Crippen molar-refractivity contribution in [3.8, 4) is 0 Å². The average molecular weight is 501 g/mol. The van der Waals surface area contributed by atoms with Gasteiger partial charge >= 0.3 is 5.97 Å². The largest absolute Gasteiger partial charge is 0.462 e. The van der Waals surface area contributed by atoms with E-state index in [0.29, 0.717) is 16.9 Å². The lowest BCUT2D eigenvalue weighted by Crippen LogP contribution is -2.42. The maximum absolute atomic E-state index is 13.4. The third-order valence-corrected chi connectivity index (χ3v) is 5.61. The number of nitrogens with one attached hydrogen (secondary N) is 2. The molecule has 1 aliphatic rings. The van der Waals surface area contributed by atoms with Gasteiger partial charge in [0.2, 0.25) is 11.8 Å². The normalized spacial score (nSPS) is 15.2. The van der Waals surface area contributed by atoms with E-state index in [0.717, 1.165) is 0 Å². The molecule has 0 spiro atoms. The van der Waals surface area contributed by atoms with E-state index in [2.05, 4.69) is 10.6 Å². The van der Waals surface area contributed by atoms with Gasteiger partial charge in [0.25, 0.3) is 5.91 Å². The summed E-state index contributed by atoms with van der Waals surface area (Å²) in [6.07, 6.45) is -0.214. The molecule has 1 atom stereocenters. The van der Waals surface area contributed by atoms with Crippen LogP contribution >= 0.6 is 12.2 Å². The number of anilines is 2. The predicted molar refractivity (Wildman–Crippen MR) is 131 cm³/mol. The second kappa shape index (κ2) is 11.5. The van der Waals surface area contributed by atoms with Crippen LogP contribution in [0.5, 0.6) is 0 Å². The summed E-state index contributed by atoms with van der Waals surface area (Å²) < 4.78 is 18.1. The summed E-state index contributed by atoms with van der Waals surface area (Å²) in [5.41, 5.74) is 1.14. The summed E-state index contributed by atoms with van der Waals surface area (Å²) >= 11 is 5.55. The maximum atomic E-state index is 13.4. The number of benzene rings is 2. The van der Waals surface area contributed by atoms with Crippen LogP contribution in [0.15, 0.2) is 48.5 Å². The predicted octanol–water partition coefficient (Wildman–Crippen LogP) is 2.47. The molecule has 0 aromatic heterocycles. The number of esters is 1. The monoisotopic (exact) mass is 500 g/mol. The Bertz CT molecular complexity index is 1120. The van der Waals surface area contributed by atoms with Gasteiger partial charge in [-0.3, -0.25) is 19.3 Å². The molecule has 1 unspecified atom stereocenters. The van der Waals surface area contributed by atoms with Gasteiger partial charge in [-0.2, -0.15) is 0 Å². The van der Waals surface area contributed by atoms with Crippen molar-refractivity contribution >= 4 is 52.4 Å². The van der Waals surface area contributed by atoms with E-state index in [1.807, 2.05) is 0 Å². The molecule has 11 heteroatoms. The summed E-state index contributed by atoms with van der Waals surface area (Å²) in [6, 6.07) is 10.5. The van der Waals surface area contributed by atoms with Crippen LogP contribution in [-0.2, 0) is 19.1 Å². The zero-order chi connectivity index (χ0) is 25.5. The summed E-state index contributed by atoms with van der Waals surface area (Å²) in [6.45, 7) is 3.73. The number of ether oxygens (including phenoxy) is 1. The van der Waals surface area contributed by atoms with Crippen LogP contribution in [-0.4, -0.2) is 59.4 Å². The van der Waals surface area contributed by atoms with Crippen molar-refractivity contribution in [2.45, 2.75) is 26.3 Å². The first kappa shape index (κ1) is 25.8. The van der Waals surface area contributed by atoms with Gasteiger partial charge in [-0.25, -0.2) is 9.18 Å². The van der Waals surface area contributed by atoms with Crippen molar-refractivity contribution < 1.29 is 28.3 Å². The number of carbonyl (C=O) groups excluding carboxylic acids is 4. The molecule has 1 aliphatic heterocycles. The Morgan fingerprint density at radius 1 is 1.09 bits per heavy atom. The van der Waals surface area contributed by atoms with Gasteiger partial charge in [-0.05, 0) is 67.7 Å². The molecular weight excluding hydrogens is 475 g/mol. The highest BCUT2D eigenvalue weighted by molar-refractivity contribution is 7.80. The van der Waals surface area contributed by atoms with Gasteiger partial charge in [-0.15, -0.1) is 0 Å². The molecule has 3 amide bonds. The van der Waals surface area contributed by atoms with E-state index in [-0.39, 0.29) is 37.1 Å². The average Bonchev–Trinajstić information content (AvgIpc) is 3.04. The molecule has 9 nitrogen and oxygen atoms in total. The zero-order valence-electron chi connectivity index (χ0n) is 19.2. The molecule has 1 saturated heterocycles. The number of rotatable bonds is 9. The third kappa shape index (κ3) is 6.38. The van der Waals surface area contributed by atoms with Gasteiger partial charge in [0.05, 0.1) is 24.3 Å². The van der Waals surface area contributed by atoms with E-state index < -0.39 is 29.6 Å². The van der Waals surface area contributed by atoms with Crippen LogP contribution in [0.1, 0.15) is 30.6 Å². The first-order valence-electron chi connectivity index (χ1n) is 10.9. The van der Waals surface area contributed by atoms with Crippen molar-refractivity contribution in [3.05, 3.63) is 59.9 Å². The van der Waals surface area contributed by atoms with Crippen molar-refractivity contribution in [1.29, 1.82) is 0 Å². The van der Waals surface area contributed by atoms with Crippen LogP contribution in [0.25, 0.3) is 0 Å². The van der Waals surface area contributed by atoms with Crippen molar-refractivity contribution in [1.82, 2.24) is 10.2 Å². The Morgan fingerprint density at radius 3 is 2.34 bits per heavy atom. The molecule has 3 rings (SSSR count). The summed E-state index contributed by atoms with van der Waals surface area (Å²) in [7, 11) is 0. The van der Waals surface area contributed by atoms with Gasteiger partial charge in [-0.1, -0.05) is 0 Å². The summed E-state index contributed by atoms with van der Waals surface area (Å²) in [5.74, 6) is -2.04. The molecule has 1 heterocycles. The molecule has 0 bridgehead atoms. The lowest BCUT2D eigenvalue weighted by molar-refractivity contribution is -0.124. The molecule has 184 valence electrons. The van der Waals surface area contributed by atoms with E-state index >= 15 is 0 Å². The third-order valence-electron chi connectivity index (χ3n) is 5.19. The van der Waals surface area contributed by atoms with Gasteiger partial charge < -0.3 is 20.3 Å². The Kier molecular flexibility index (Phi) is 8.48. The number of carbonyl (C=O) groups is 4. The Morgan fingerprint density at radius 2 is 1.74 bits per heavy atom. The number of halogens is 1. The highest BCUT2D eigenvalue weighted by Gasteiger charge is 2.44. The number of amides is 3. The fraction of sp³-hybridized carbons (Fsp3) is 0.292. The SMILES string of the molecule is CCOC(=O)c1ccc(N2C(=O)C(CC(=O)Nc3ccc(F)cc3)N(CCNC(C)=O)C2=S)cc1. The highest BCUT2D eigenvalue weighted by Crippen LogP contribution is 2.27. The van der Waals surface area contributed by atoms with Crippen LogP contribution < -0.4 is 15.5 Å². The number of hydrogen-bond acceptors (Lipinski definition) is 6. The molecule has 35 heavy (non-hydrogen) atoms. The molecule has 0 saturated carbocycles. The number of nitrogens with zero attached hydrogens (tertiary/aromatic N) is 2. The van der Waals surface area contributed by atoms with Crippen LogP contribution in [0.2, 0.25) is 0 Å². The van der Waals surface area contributed by atoms with Gasteiger partial charge in [0.15, 0.2) is 5.11 Å². The fourth-order valence-corrected chi connectivity index (χ4v) is 3.97. The van der Waals surface area contributed by atoms with Crippen LogP contribution in [0, 0.1) is 5.82 Å². The van der Waals surface area contributed by atoms with E-state index in [9.17, 15) is 23.6 Å². The lowest BCUT2D eigenvalue weighted by Gasteiger charge is -2.24. The minimum Gasteiger partial charge on any atom is -0.462 e. The standard InChI is InChI=1S/C24H25FN4O5S/c1-3-34-23(33)16-4-10-19(11-5-16)29-22(32)20(28(24(29)35)13-12-26-15(2)30)14-21(31)27-18-8-6-17(25)7-9-18/h4-11,20H,3,12-14H2,1-2H3,(H,26,30)(H,27,31). The van der Waals surface area contributed by atoms with Crippen LogP contribution in [0.3, 0.4) is 0 Å². The second-order valence-corrected chi connectivity index (χ2v) is 8.04. The summed E-state index contributed by atoms with van der Waals surface area (Å²) in [4.78, 5) is 52.2. The number of thiocarbonyl (C=S) groups is 1. The van der Waals surface area contributed by atoms with Gasteiger partial charge in [0.1, 0.15) is 11.9 Å². The Hall–Kier alpha value is -3.86. The van der Waals surface area contributed by atoms with E-state index in [1.165, 1.54) is 48.2 Å². The quantitative estimate of drug-likeness (QED) is 0.402. The van der Waals surface area contributed by atoms with Crippen LogP contribution in [0.4, 0.5) is 15.8 Å². The molecule has 0 aliphatic carbocycles. The molecule has 2 aromatic carbocycles. The van der Waals surface area contributed by atoms with Gasteiger partial charge in [0, 0.05) is 25.7 Å². The first-order chi connectivity index (χ1) is 16.7. The van der Waals surface area contributed by atoms with E-state index in [1.54, 1.807) is 24.0 Å². The molecule has 1 fully saturated rings. The molecular formula is C24H25FN4O5S. The molecule has 2 aromatic rings. The Balaban J connectivity index is 1.80. The van der Waals surface area contributed by atoms with Crippen molar-refractivity contribution in [2.24, 2.45) is 0 Å². The van der Waals surface area contributed by atoms with E-state index in [4.69, 9.17) is 17.0 Å². The maximum Gasteiger partial charge on any atom is 0.338 e. The molecule has 0 radical (unpaired) electrons. The van der Waals surface area contributed by atoms with Crippen molar-refractivity contribution in [2.75, 3.05) is 29.9 Å². The topological polar surface area (TPSA) is 108 Å². The zero-order valence-corrected chi connectivity index (χ0v) is 20.1. The minimum absolute atomic E-state index is 0.170. The number of hydrogen-bond donors (Lipinski definition) is 2. The highest BCUT2D eigenvalue weighted by atomic mass is 32.1. The fourth-order valence-electron chi connectivity index (χ4n) is 3.56. The first-order valence-corrected chi connectivity index (χ1v) is 11.3. The second-order valence-electron chi connectivity index (χ2n) is 7.67. The van der Waals surface area contributed by atoms with Crippen molar-refractivity contribution in [3.63, 3.8) is 0 Å². The molecule has 2 N–H and O–H groups in total.